The highest BCUT2D eigenvalue weighted by molar-refractivity contribution is 7.14. The van der Waals surface area contributed by atoms with Gasteiger partial charge in [-0.25, -0.2) is 0 Å². The average Bonchev–Trinajstić information content (AvgIpc) is 2.91. The van der Waals surface area contributed by atoms with Crippen LogP contribution < -0.4 is 10.6 Å². The molecule has 0 bridgehead atoms. The molecule has 0 unspecified atom stereocenters. The maximum atomic E-state index is 12.0. The molecule has 86 valence electrons. The lowest BCUT2D eigenvalue weighted by atomic mass is 10.2. The fourth-order valence-electron chi connectivity index (χ4n) is 2.48. The van der Waals surface area contributed by atoms with E-state index < -0.39 is 0 Å². The van der Waals surface area contributed by atoms with Crippen molar-refractivity contribution in [2.45, 2.75) is 31.7 Å². The van der Waals surface area contributed by atoms with E-state index in [1.165, 1.54) is 16.9 Å². The molecule has 1 fully saturated rings. The molecule has 1 aromatic heterocycles. The first-order chi connectivity index (χ1) is 7.83. The molecule has 2 N–H and O–H groups in total. The molecule has 3 rings (SSSR count). The van der Waals surface area contributed by atoms with Gasteiger partial charge in [0.15, 0.2) is 0 Å². The third-order valence-electron chi connectivity index (χ3n) is 3.37. The normalized spacial score (nSPS) is 23.4. The molecule has 3 nitrogen and oxygen atoms in total. The lowest BCUT2D eigenvalue weighted by molar-refractivity contribution is 0.0944. The summed E-state index contributed by atoms with van der Waals surface area (Å²) in [6.07, 6.45) is 4.63. The van der Waals surface area contributed by atoms with Gasteiger partial charge in [-0.3, -0.25) is 4.79 Å². The van der Waals surface area contributed by atoms with E-state index >= 15 is 0 Å². The van der Waals surface area contributed by atoms with Crippen molar-refractivity contribution in [2.75, 3.05) is 13.1 Å². The molecule has 0 spiro atoms. The Balaban J connectivity index is 1.69. The van der Waals surface area contributed by atoms with Gasteiger partial charge in [-0.1, -0.05) is 0 Å². The van der Waals surface area contributed by atoms with Crippen molar-refractivity contribution in [1.29, 1.82) is 0 Å². The average molecular weight is 236 g/mol. The SMILES string of the molecule is O=C(N[C@@H]1CCNC1)c1cc2c(s1)CCC2. The highest BCUT2D eigenvalue weighted by Crippen LogP contribution is 2.30. The smallest absolute Gasteiger partial charge is 0.261 e. The van der Waals surface area contributed by atoms with Gasteiger partial charge in [0.1, 0.15) is 0 Å². The molecule has 16 heavy (non-hydrogen) atoms. The summed E-state index contributed by atoms with van der Waals surface area (Å²) in [5.74, 6) is 0.119. The van der Waals surface area contributed by atoms with Crippen LogP contribution in [0.1, 0.15) is 33.0 Å². The van der Waals surface area contributed by atoms with Gasteiger partial charge in [0, 0.05) is 17.5 Å². The Bertz CT molecular complexity index is 386. The highest BCUT2D eigenvalue weighted by Gasteiger charge is 2.21. The van der Waals surface area contributed by atoms with Crippen molar-refractivity contribution in [2.24, 2.45) is 0 Å². The third-order valence-corrected chi connectivity index (χ3v) is 4.60. The molecule has 1 saturated heterocycles. The standard InChI is InChI=1S/C12H16N2OS/c15-12(14-9-4-5-13-7-9)11-6-8-2-1-3-10(8)16-11/h6,9,13H,1-5,7H2,(H,14,15)/t9-/m1/s1. The van der Waals surface area contributed by atoms with E-state index in [2.05, 4.69) is 16.7 Å². The van der Waals surface area contributed by atoms with Gasteiger partial charge >= 0.3 is 0 Å². The van der Waals surface area contributed by atoms with Crippen LogP contribution >= 0.6 is 11.3 Å². The Hall–Kier alpha value is -0.870. The zero-order valence-electron chi connectivity index (χ0n) is 9.21. The predicted molar refractivity (Wildman–Crippen MR) is 65.1 cm³/mol. The predicted octanol–water partition coefficient (Wildman–Crippen LogP) is 1.33. The van der Waals surface area contributed by atoms with Crippen LogP contribution in [0.25, 0.3) is 0 Å². The van der Waals surface area contributed by atoms with E-state index in [0.717, 1.165) is 37.2 Å². The second-order valence-electron chi connectivity index (χ2n) is 4.58. The van der Waals surface area contributed by atoms with Crippen molar-refractivity contribution in [1.82, 2.24) is 10.6 Å². The summed E-state index contributed by atoms with van der Waals surface area (Å²) in [6, 6.07) is 2.41. The van der Waals surface area contributed by atoms with E-state index in [-0.39, 0.29) is 5.91 Å². The van der Waals surface area contributed by atoms with Crippen LogP contribution in [0.2, 0.25) is 0 Å². The number of carbonyl (C=O) groups excluding carboxylic acids is 1. The summed E-state index contributed by atoms with van der Waals surface area (Å²) in [5.41, 5.74) is 1.40. The van der Waals surface area contributed by atoms with Crippen LogP contribution in [0.5, 0.6) is 0 Å². The van der Waals surface area contributed by atoms with Gasteiger partial charge < -0.3 is 10.6 Å². The maximum absolute atomic E-state index is 12.0. The molecule has 4 heteroatoms. The molecule has 1 amide bonds. The first kappa shape index (κ1) is 10.3. The zero-order valence-corrected chi connectivity index (χ0v) is 10.0. The van der Waals surface area contributed by atoms with E-state index in [0.29, 0.717) is 6.04 Å². The lowest BCUT2D eigenvalue weighted by Gasteiger charge is -2.09. The summed E-state index contributed by atoms with van der Waals surface area (Å²) in [5, 5.41) is 6.35. The van der Waals surface area contributed by atoms with Crippen LogP contribution in [0.3, 0.4) is 0 Å². The van der Waals surface area contributed by atoms with Crippen LogP contribution in [0.4, 0.5) is 0 Å². The fourth-order valence-corrected chi connectivity index (χ4v) is 3.63. The van der Waals surface area contributed by atoms with Crippen molar-refractivity contribution in [3.63, 3.8) is 0 Å². The van der Waals surface area contributed by atoms with E-state index in [1.54, 1.807) is 11.3 Å². The Kier molecular flexibility index (Phi) is 2.69. The number of carbonyl (C=O) groups is 1. The summed E-state index contributed by atoms with van der Waals surface area (Å²) >= 11 is 1.68. The number of rotatable bonds is 2. The molecule has 2 aliphatic rings. The van der Waals surface area contributed by atoms with E-state index in [9.17, 15) is 4.79 Å². The summed E-state index contributed by atoms with van der Waals surface area (Å²) in [6.45, 7) is 1.93. The van der Waals surface area contributed by atoms with Crippen molar-refractivity contribution in [3.05, 3.63) is 21.4 Å². The van der Waals surface area contributed by atoms with Gasteiger partial charge in [-0.05, 0) is 43.9 Å². The molecule has 0 saturated carbocycles. The molecule has 1 atom stereocenters. The van der Waals surface area contributed by atoms with Gasteiger partial charge in [0.05, 0.1) is 4.88 Å². The second kappa shape index (κ2) is 4.18. The van der Waals surface area contributed by atoms with Crippen molar-refractivity contribution in [3.8, 4) is 0 Å². The van der Waals surface area contributed by atoms with Crippen molar-refractivity contribution >= 4 is 17.2 Å². The molecule has 1 aliphatic carbocycles. The fraction of sp³-hybridized carbons (Fsp3) is 0.583. The van der Waals surface area contributed by atoms with Gasteiger partial charge in [0.25, 0.3) is 5.91 Å². The van der Waals surface area contributed by atoms with Crippen LogP contribution in [-0.2, 0) is 12.8 Å². The largest absolute Gasteiger partial charge is 0.347 e. The number of thiophene rings is 1. The Morgan fingerprint density at radius 1 is 1.50 bits per heavy atom. The molecule has 0 radical (unpaired) electrons. The van der Waals surface area contributed by atoms with Gasteiger partial charge in [0.2, 0.25) is 0 Å². The molecule has 0 aromatic carbocycles. The highest BCUT2D eigenvalue weighted by atomic mass is 32.1. The quantitative estimate of drug-likeness (QED) is 0.813. The van der Waals surface area contributed by atoms with Crippen LogP contribution in [-0.4, -0.2) is 25.0 Å². The first-order valence-corrected chi connectivity index (χ1v) is 6.78. The minimum Gasteiger partial charge on any atom is -0.347 e. The molecule has 1 aromatic rings. The second-order valence-corrected chi connectivity index (χ2v) is 5.71. The number of fused-ring (bicyclic) bond motifs is 1. The summed E-state index contributed by atoms with van der Waals surface area (Å²) < 4.78 is 0. The number of hydrogen-bond acceptors (Lipinski definition) is 3. The number of hydrogen-bond donors (Lipinski definition) is 2. The van der Waals surface area contributed by atoms with Gasteiger partial charge in [-0.2, -0.15) is 0 Å². The minimum atomic E-state index is 0.119. The first-order valence-electron chi connectivity index (χ1n) is 5.96. The Labute approximate surface area is 99.2 Å². The number of aryl methyl sites for hydroxylation is 2. The maximum Gasteiger partial charge on any atom is 0.261 e. The van der Waals surface area contributed by atoms with Crippen LogP contribution in [0, 0.1) is 0 Å². The van der Waals surface area contributed by atoms with E-state index in [1.807, 2.05) is 0 Å². The number of amides is 1. The third kappa shape index (κ3) is 1.87. The van der Waals surface area contributed by atoms with Crippen molar-refractivity contribution < 1.29 is 4.79 Å². The van der Waals surface area contributed by atoms with Gasteiger partial charge in [-0.15, -0.1) is 11.3 Å². The zero-order chi connectivity index (χ0) is 11.0. The molecule has 2 heterocycles. The topological polar surface area (TPSA) is 41.1 Å². The van der Waals surface area contributed by atoms with E-state index in [4.69, 9.17) is 0 Å². The van der Waals surface area contributed by atoms with Crippen LogP contribution in [0.15, 0.2) is 6.07 Å². The number of nitrogens with one attached hydrogen (secondary N) is 2. The Morgan fingerprint density at radius 3 is 3.19 bits per heavy atom. The summed E-state index contributed by atoms with van der Waals surface area (Å²) in [7, 11) is 0. The lowest BCUT2D eigenvalue weighted by Crippen LogP contribution is -2.35. The molecular weight excluding hydrogens is 220 g/mol. The molecule has 1 aliphatic heterocycles. The molecular formula is C12H16N2OS. The Morgan fingerprint density at radius 2 is 2.44 bits per heavy atom. The monoisotopic (exact) mass is 236 g/mol. The minimum absolute atomic E-state index is 0.119. The summed E-state index contributed by atoms with van der Waals surface area (Å²) in [4.78, 5) is 14.3.